The van der Waals surface area contributed by atoms with Gasteiger partial charge in [0.05, 0.1) is 12.7 Å². The van der Waals surface area contributed by atoms with Crippen molar-refractivity contribution in [3.8, 4) is 0 Å². The molecule has 0 radical (unpaired) electrons. The van der Waals surface area contributed by atoms with E-state index < -0.39 is 0 Å². The number of fused-ring (bicyclic) bond motifs is 1. The first kappa shape index (κ1) is 6.82. The van der Waals surface area contributed by atoms with Crippen molar-refractivity contribution in [3.63, 3.8) is 0 Å². The number of imidazole rings is 1. The third kappa shape index (κ3) is 1.04. The highest BCUT2D eigenvalue weighted by Crippen LogP contribution is 2.12. The van der Waals surface area contributed by atoms with Crippen molar-refractivity contribution >= 4 is 16.2 Å². The molecule has 0 aliphatic rings. The van der Waals surface area contributed by atoms with Crippen LogP contribution in [0.4, 0.5) is 0 Å². The second kappa shape index (κ2) is 2.64. The van der Waals surface area contributed by atoms with Crippen molar-refractivity contribution in [2.24, 2.45) is 0 Å². The standard InChI is InChI=1S/C7H9N3S/c1-8-4-6-9-5-7-10(6)2-3-11-7/h2-3,5,8H,4H2,1H3. The summed E-state index contributed by atoms with van der Waals surface area (Å²) in [5, 5.41) is 5.14. The number of nitrogens with one attached hydrogen (secondary N) is 1. The molecule has 0 aromatic carbocycles. The van der Waals surface area contributed by atoms with Crippen molar-refractivity contribution in [2.45, 2.75) is 6.54 Å². The second-order valence-electron chi connectivity index (χ2n) is 2.32. The van der Waals surface area contributed by atoms with Gasteiger partial charge >= 0.3 is 0 Å². The minimum Gasteiger partial charge on any atom is -0.313 e. The normalized spacial score (nSPS) is 11.0. The smallest absolute Gasteiger partial charge is 0.127 e. The van der Waals surface area contributed by atoms with E-state index in [2.05, 4.69) is 20.1 Å². The third-order valence-electron chi connectivity index (χ3n) is 1.57. The fourth-order valence-corrected chi connectivity index (χ4v) is 1.79. The van der Waals surface area contributed by atoms with Gasteiger partial charge in [0.25, 0.3) is 0 Å². The predicted molar refractivity (Wildman–Crippen MR) is 45.8 cm³/mol. The molecule has 0 amide bonds. The average Bonchev–Trinajstić information content (AvgIpc) is 2.53. The molecule has 1 N–H and O–H groups in total. The zero-order valence-electron chi connectivity index (χ0n) is 6.24. The number of hydrogen-bond donors (Lipinski definition) is 1. The van der Waals surface area contributed by atoms with Gasteiger partial charge in [-0.1, -0.05) is 0 Å². The molecular weight excluding hydrogens is 158 g/mol. The Morgan fingerprint density at radius 3 is 3.45 bits per heavy atom. The lowest BCUT2D eigenvalue weighted by Gasteiger charge is -1.94. The highest BCUT2D eigenvalue weighted by molar-refractivity contribution is 7.15. The number of nitrogens with zero attached hydrogens (tertiary/aromatic N) is 2. The van der Waals surface area contributed by atoms with Crippen LogP contribution in [0.3, 0.4) is 0 Å². The molecule has 2 aromatic rings. The molecule has 0 saturated carbocycles. The molecule has 0 bridgehead atoms. The molecule has 0 aliphatic heterocycles. The summed E-state index contributed by atoms with van der Waals surface area (Å²) >= 11 is 1.71. The molecular formula is C7H9N3S. The highest BCUT2D eigenvalue weighted by atomic mass is 32.1. The van der Waals surface area contributed by atoms with Crippen LogP contribution in [0.25, 0.3) is 4.83 Å². The molecule has 4 heteroatoms. The number of aromatic nitrogens is 2. The van der Waals surface area contributed by atoms with Gasteiger partial charge in [-0.15, -0.1) is 11.3 Å². The second-order valence-corrected chi connectivity index (χ2v) is 3.24. The van der Waals surface area contributed by atoms with E-state index in [0.29, 0.717) is 0 Å². The summed E-state index contributed by atoms with van der Waals surface area (Å²) < 4.78 is 2.10. The van der Waals surface area contributed by atoms with Gasteiger partial charge in [0.1, 0.15) is 10.7 Å². The van der Waals surface area contributed by atoms with Gasteiger partial charge in [-0.2, -0.15) is 0 Å². The van der Waals surface area contributed by atoms with Crippen molar-refractivity contribution in [2.75, 3.05) is 7.05 Å². The van der Waals surface area contributed by atoms with E-state index in [1.54, 1.807) is 11.3 Å². The largest absolute Gasteiger partial charge is 0.313 e. The van der Waals surface area contributed by atoms with E-state index in [0.717, 1.165) is 12.4 Å². The predicted octanol–water partition coefficient (Wildman–Crippen LogP) is 1.12. The van der Waals surface area contributed by atoms with E-state index in [1.165, 1.54) is 4.83 Å². The molecule has 0 unspecified atom stereocenters. The molecule has 2 aromatic heterocycles. The summed E-state index contributed by atoms with van der Waals surface area (Å²) in [6.45, 7) is 0.824. The van der Waals surface area contributed by atoms with E-state index in [9.17, 15) is 0 Å². The fourth-order valence-electron chi connectivity index (χ4n) is 1.08. The van der Waals surface area contributed by atoms with Crippen LogP contribution in [0.5, 0.6) is 0 Å². The summed E-state index contributed by atoms with van der Waals surface area (Å²) in [6, 6.07) is 0. The van der Waals surface area contributed by atoms with Crippen molar-refractivity contribution < 1.29 is 0 Å². The van der Waals surface area contributed by atoms with E-state index >= 15 is 0 Å². The molecule has 0 spiro atoms. The fraction of sp³-hybridized carbons (Fsp3) is 0.286. The molecule has 2 heterocycles. The maximum Gasteiger partial charge on any atom is 0.127 e. The van der Waals surface area contributed by atoms with E-state index in [4.69, 9.17) is 0 Å². The molecule has 0 aliphatic carbocycles. The maximum absolute atomic E-state index is 4.26. The lowest BCUT2D eigenvalue weighted by atomic mass is 10.6. The zero-order chi connectivity index (χ0) is 7.68. The van der Waals surface area contributed by atoms with Crippen LogP contribution in [-0.4, -0.2) is 16.4 Å². The van der Waals surface area contributed by atoms with Crippen molar-refractivity contribution in [1.29, 1.82) is 0 Å². The van der Waals surface area contributed by atoms with Crippen molar-refractivity contribution in [1.82, 2.24) is 14.7 Å². The molecule has 2 rings (SSSR count). The summed E-state index contributed by atoms with van der Waals surface area (Å²) in [4.78, 5) is 5.46. The summed E-state index contributed by atoms with van der Waals surface area (Å²) in [6.07, 6.45) is 3.94. The first-order valence-electron chi connectivity index (χ1n) is 3.46. The Bertz CT molecular complexity index is 349. The SMILES string of the molecule is CNCc1ncc2sccn12. The van der Waals surface area contributed by atoms with Crippen LogP contribution in [0.15, 0.2) is 17.8 Å². The van der Waals surface area contributed by atoms with Crippen LogP contribution >= 0.6 is 11.3 Å². The number of rotatable bonds is 2. The van der Waals surface area contributed by atoms with Gasteiger partial charge in [0.15, 0.2) is 0 Å². The van der Waals surface area contributed by atoms with E-state index in [1.807, 2.05) is 19.4 Å². The third-order valence-corrected chi connectivity index (χ3v) is 2.37. The van der Waals surface area contributed by atoms with Crippen molar-refractivity contribution in [3.05, 3.63) is 23.6 Å². The molecule has 58 valence electrons. The van der Waals surface area contributed by atoms with Gasteiger partial charge in [0, 0.05) is 11.6 Å². The summed E-state index contributed by atoms with van der Waals surface area (Å²) in [5.74, 6) is 1.07. The maximum atomic E-state index is 4.26. The van der Waals surface area contributed by atoms with Crippen LogP contribution in [-0.2, 0) is 6.54 Å². The summed E-state index contributed by atoms with van der Waals surface area (Å²) in [5.41, 5.74) is 0. The first-order chi connectivity index (χ1) is 5.42. The Morgan fingerprint density at radius 1 is 1.73 bits per heavy atom. The van der Waals surface area contributed by atoms with Crippen LogP contribution in [0.2, 0.25) is 0 Å². The zero-order valence-corrected chi connectivity index (χ0v) is 7.06. The van der Waals surface area contributed by atoms with Crippen LogP contribution < -0.4 is 5.32 Å². The topological polar surface area (TPSA) is 29.3 Å². The first-order valence-corrected chi connectivity index (χ1v) is 4.34. The lowest BCUT2D eigenvalue weighted by molar-refractivity contribution is 0.757. The highest BCUT2D eigenvalue weighted by Gasteiger charge is 2.00. The lowest BCUT2D eigenvalue weighted by Crippen LogP contribution is -2.07. The Hall–Kier alpha value is -0.870. The molecule has 3 nitrogen and oxygen atoms in total. The number of thiazole rings is 1. The Labute approximate surface area is 68.7 Å². The quantitative estimate of drug-likeness (QED) is 0.726. The van der Waals surface area contributed by atoms with Gasteiger partial charge in [-0.05, 0) is 7.05 Å². The van der Waals surface area contributed by atoms with Crippen LogP contribution in [0, 0.1) is 0 Å². The average molecular weight is 167 g/mol. The Kier molecular flexibility index (Phi) is 1.63. The number of hydrogen-bond acceptors (Lipinski definition) is 3. The molecule has 0 atom stereocenters. The van der Waals surface area contributed by atoms with Gasteiger partial charge < -0.3 is 5.32 Å². The Morgan fingerprint density at radius 2 is 2.64 bits per heavy atom. The minimum atomic E-state index is 0.824. The van der Waals surface area contributed by atoms with Gasteiger partial charge in [-0.25, -0.2) is 4.98 Å². The minimum absolute atomic E-state index is 0.824. The molecule has 0 saturated heterocycles. The molecule has 0 fully saturated rings. The van der Waals surface area contributed by atoms with Crippen LogP contribution in [0.1, 0.15) is 5.82 Å². The summed E-state index contributed by atoms with van der Waals surface area (Å²) in [7, 11) is 1.92. The monoisotopic (exact) mass is 167 g/mol. The van der Waals surface area contributed by atoms with Gasteiger partial charge in [0.2, 0.25) is 0 Å². The van der Waals surface area contributed by atoms with E-state index in [-0.39, 0.29) is 0 Å². The molecule has 11 heavy (non-hydrogen) atoms. The van der Waals surface area contributed by atoms with Gasteiger partial charge in [-0.3, -0.25) is 4.40 Å². The Balaban J connectivity index is 2.51.